The summed E-state index contributed by atoms with van der Waals surface area (Å²) in [6, 6.07) is 22.3. The van der Waals surface area contributed by atoms with Gasteiger partial charge in [-0.15, -0.1) is 11.3 Å². The van der Waals surface area contributed by atoms with Crippen LogP contribution in [0.25, 0.3) is 20.8 Å². The molecule has 3 nitrogen and oxygen atoms in total. The number of fused-ring (bicyclic) bond motifs is 3. The van der Waals surface area contributed by atoms with Gasteiger partial charge in [-0.1, -0.05) is 43.0 Å². The summed E-state index contributed by atoms with van der Waals surface area (Å²) >= 11 is 3.76. The minimum Gasteiger partial charge on any atom is -0.312 e. The van der Waals surface area contributed by atoms with Gasteiger partial charge in [-0.05, 0) is 42.8 Å². The van der Waals surface area contributed by atoms with Gasteiger partial charge in [0.15, 0.2) is 0 Å². The predicted molar refractivity (Wildman–Crippen MR) is 145 cm³/mol. The number of anilines is 2. The summed E-state index contributed by atoms with van der Waals surface area (Å²) in [5.41, 5.74) is 6.08. The van der Waals surface area contributed by atoms with Crippen LogP contribution in [0.2, 0.25) is 0 Å². The lowest BCUT2D eigenvalue weighted by molar-refractivity contribution is 0.665. The number of allylic oxidation sites excluding steroid dienone is 3. The molecule has 2 aliphatic carbocycles. The molecule has 0 N–H and O–H groups in total. The highest BCUT2D eigenvalue weighted by Crippen LogP contribution is 2.51. The molecule has 0 aromatic heterocycles. The number of para-hydroxylation sites is 1. The Kier molecular flexibility index (Phi) is 4.88. The highest BCUT2D eigenvalue weighted by molar-refractivity contribution is 8.03. The van der Waals surface area contributed by atoms with Crippen molar-refractivity contribution in [2.24, 2.45) is 5.92 Å². The minimum atomic E-state index is 0.484. The molecular formula is C29H26N3S2+. The lowest BCUT2D eigenvalue weighted by Crippen LogP contribution is -2.26. The van der Waals surface area contributed by atoms with Crippen LogP contribution >= 0.6 is 23.1 Å². The number of rotatable bonds is 1. The van der Waals surface area contributed by atoms with Gasteiger partial charge in [-0.25, -0.2) is 9.56 Å². The van der Waals surface area contributed by atoms with Gasteiger partial charge in [0.25, 0.3) is 0 Å². The van der Waals surface area contributed by atoms with E-state index < -0.39 is 0 Å². The van der Waals surface area contributed by atoms with E-state index in [1.165, 1.54) is 54.6 Å². The average molecular weight is 481 g/mol. The molecule has 0 saturated carbocycles. The molecule has 1 atom stereocenters. The topological polar surface area (TPSA) is 19.1 Å². The highest BCUT2D eigenvalue weighted by Gasteiger charge is 2.31. The van der Waals surface area contributed by atoms with Gasteiger partial charge >= 0.3 is 0 Å². The first-order chi connectivity index (χ1) is 16.7. The van der Waals surface area contributed by atoms with Crippen molar-refractivity contribution in [2.75, 3.05) is 18.0 Å². The van der Waals surface area contributed by atoms with E-state index in [2.05, 4.69) is 89.2 Å². The molecule has 7 rings (SSSR count). The van der Waals surface area contributed by atoms with E-state index in [-0.39, 0.29) is 0 Å². The highest BCUT2D eigenvalue weighted by atomic mass is 32.2. The first-order valence-corrected chi connectivity index (χ1v) is 13.8. The molecule has 0 radical (unpaired) electrons. The molecule has 1 unspecified atom stereocenters. The molecule has 0 spiro atoms. The second-order valence-electron chi connectivity index (χ2n) is 9.41. The van der Waals surface area contributed by atoms with Crippen LogP contribution in [0.4, 0.5) is 11.4 Å². The molecular weight excluding hydrogens is 454 g/mol. The van der Waals surface area contributed by atoms with Crippen LogP contribution in [0.1, 0.15) is 26.2 Å². The number of hydrogen-bond donors (Lipinski definition) is 0. The zero-order chi connectivity index (χ0) is 22.6. The third-order valence-electron chi connectivity index (χ3n) is 7.12. The predicted octanol–water partition coefficient (Wildman–Crippen LogP) is 7.02. The van der Waals surface area contributed by atoms with E-state index in [4.69, 9.17) is 4.98 Å². The summed E-state index contributed by atoms with van der Waals surface area (Å²) in [6.07, 6.45) is 8.30. The van der Waals surface area contributed by atoms with Gasteiger partial charge < -0.3 is 4.90 Å². The van der Waals surface area contributed by atoms with Crippen molar-refractivity contribution in [3.05, 3.63) is 88.8 Å². The zero-order valence-electron chi connectivity index (χ0n) is 19.2. The third-order valence-corrected chi connectivity index (χ3v) is 9.35. The molecule has 1 saturated heterocycles. The van der Waals surface area contributed by atoms with Crippen LogP contribution in [-0.2, 0) is 0 Å². The first-order valence-electron chi connectivity index (χ1n) is 12.1. The molecule has 5 heteroatoms. The summed E-state index contributed by atoms with van der Waals surface area (Å²) in [5, 5.41) is 1.33. The van der Waals surface area contributed by atoms with Gasteiger partial charge in [0.2, 0.25) is 5.36 Å². The van der Waals surface area contributed by atoms with Gasteiger partial charge in [0.1, 0.15) is 13.1 Å². The van der Waals surface area contributed by atoms with Crippen molar-refractivity contribution in [2.45, 2.75) is 31.1 Å². The Morgan fingerprint density at radius 3 is 2.79 bits per heavy atom. The monoisotopic (exact) mass is 480 g/mol. The van der Waals surface area contributed by atoms with Crippen LogP contribution in [0, 0.1) is 5.92 Å². The maximum Gasteiger partial charge on any atom is 0.201 e. The van der Waals surface area contributed by atoms with Crippen LogP contribution < -0.4 is 14.8 Å². The lowest BCUT2D eigenvalue weighted by Gasteiger charge is -2.38. The van der Waals surface area contributed by atoms with E-state index in [9.17, 15) is 0 Å². The van der Waals surface area contributed by atoms with Crippen LogP contribution in [0.3, 0.4) is 0 Å². The van der Waals surface area contributed by atoms with E-state index in [0.29, 0.717) is 5.92 Å². The Morgan fingerprint density at radius 2 is 1.88 bits per heavy atom. The summed E-state index contributed by atoms with van der Waals surface area (Å²) in [4.78, 5) is 11.5. The molecule has 3 heterocycles. The fourth-order valence-electron chi connectivity index (χ4n) is 5.40. The Labute approximate surface area is 208 Å². The Bertz CT molecular complexity index is 1540. The van der Waals surface area contributed by atoms with Crippen molar-refractivity contribution < 1.29 is 0 Å². The average Bonchev–Trinajstić information content (AvgIpc) is 3.41. The van der Waals surface area contributed by atoms with Gasteiger partial charge in [0.05, 0.1) is 26.5 Å². The number of hydrogen-bond acceptors (Lipinski definition) is 4. The number of aromatic nitrogens is 1. The fourth-order valence-corrected chi connectivity index (χ4v) is 7.65. The van der Waals surface area contributed by atoms with Crippen molar-refractivity contribution in [3.8, 4) is 10.6 Å². The Balaban J connectivity index is 1.41. The summed E-state index contributed by atoms with van der Waals surface area (Å²) < 4.78 is 3.74. The molecule has 3 aliphatic heterocycles. The largest absolute Gasteiger partial charge is 0.312 e. The van der Waals surface area contributed by atoms with E-state index in [1.807, 2.05) is 23.1 Å². The molecule has 2 aromatic rings. The molecule has 0 bridgehead atoms. The van der Waals surface area contributed by atoms with Gasteiger partial charge in [0, 0.05) is 52.1 Å². The van der Waals surface area contributed by atoms with Crippen molar-refractivity contribution >= 4 is 44.7 Å². The fraction of sp³-hybridized carbons (Fsp3) is 0.241. The molecule has 2 aromatic carbocycles. The third kappa shape index (κ3) is 3.33. The first kappa shape index (κ1) is 20.5. The number of thioether (sulfide) groups is 1. The van der Waals surface area contributed by atoms with Crippen molar-refractivity contribution in [3.63, 3.8) is 0 Å². The van der Waals surface area contributed by atoms with Crippen LogP contribution in [0.5, 0.6) is 0 Å². The van der Waals surface area contributed by atoms with Crippen molar-refractivity contribution in [1.82, 2.24) is 9.56 Å². The quantitative estimate of drug-likeness (QED) is 0.216. The van der Waals surface area contributed by atoms with Gasteiger partial charge in [-0.3, -0.25) is 0 Å². The molecule has 34 heavy (non-hydrogen) atoms. The Hall–Kier alpha value is -2.89. The Morgan fingerprint density at radius 1 is 1.00 bits per heavy atom. The SMILES string of the molecule is CC1CC=CC2=C1N(c1ccc3nc4ccc(=[N+]5CCCC5)cc-4sc3c1)c1ccccc1S2. The minimum absolute atomic E-state index is 0.484. The second-order valence-corrected chi connectivity index (χ2v) is 11.6. The summed E-state index contributed by atoms with van der Waals surface area (Å²) in [6.45, 7) is 4.68. The second kappa shape index (κ2) is 8.10. The van der Waals surface area contributed by atoms with E-state index >= 15 is 0 Å². The zero-order valence-corrected chi connectivity index (χ0v) is 20.8. The normalized spacial score (nSPS) is 19.7. The number of nitrogens with zero attached hydrogens (tertiary/aromatic N) is 3. The summed E-state index contributed by atoms with van der Waals surface area (Å²) in [7, 11) is 0. The van der Waals surface area contributed by atoms with Crippen LogP contribution in [0.15, 0.2) is 88.3 Å². The van der Waals surface area contributed by atoms with Crippen LogP contribution in [-0.4, -0.2) is 18.1 Å². The number of benzene rings is 3. The van der Waals surface area contributed by atoms with Gasteiger partial charge in [-0.2, -0.15) is 0 Å². The van der Waals surface area contributed by atoms with E-state index in [0.717, 1.165) is 30.7 Å². The van der Waals surface area contributed by atoms with E-state index in [1.54, 1.807) is 0 Å². The standard InChI is InChI=1S/C29H26N3S2/c1-19-7-6-10-26-29(19)32(24-8-2-3-9-25(24)33-26)21-12-14-23-28(18-21)34-27-17-20(11-13-22(27)30-23)31-15-4-5-16-31/h2-3,6,8-14,17-19H,4-5,7,15-16H2,1H3/q+1. The summed E-state index contributed by atoms with van der Waals surface area (Å²) in [5.74, 6) is 0.484. The molecule has 1 fully saturated rings. The smallest absolute Gasteiger partial charge is 0.201 e. The van der Waals surface area contributed by atoms with Crippen molar-refractivity contribution in [1.29, 1.82) is 0 Å². The molecule has 168 valence electrons. The molecule has 5 aliphatic rings. The molecule has 0 amide bonds. The lowest BCUT2D eigenvalue weighted by atomic mass is 9.96. The maximum absolute atomic E-state index is 5.02. The maximum atomic E-state index is 5.02.